The molecule has 2 rings (SSSR count). The number of piperidine rings is 1. The molecule has 0 aromatic heterocycles. The van der Waals surface area contributed by atoms with Crippen LogP contribution in [-0.2, 0) is 0 Å². The average molecular weight is 496 g/mol. The molecule has 0 spiro atoms. The summed E-state index contributed by atoms with van der Waals surface area (Å²) in [7, 11) is 1.74. The molecule has 5 nitrogen and oxygen atoms in total. The predicted octanol–water partition coefficient (Wildman–Crippen LogP) is 3.39. The number of ether oxygens (including phenoxy) is 1. The second kappa shape index (κ2) is 13.1. The number of aliphatic imine (C=N–C) groups is 1. The fourth-order valence-electron chi connectivity index (χ4n) is 2.98. The molecule has 1 heterocycles. The van der Waals surface area contributed by atoms with Gasteiger partial charge in [0.25, 0.3) is 0 Å². The third kappa shape index (κ3) is 8.59. The van der Waals surface area contributed by atoms with Crippen molar-refractivity contribution in [1.29, 1.82) is 0 Å². The lowest BCUT2D eigenvalue weighted by Crippen LogP contribution is -2.49. The minimum Gasteiger partial charge on any atom is -0.492 e. The van der Waals surface area contributed by atoms with E-state index in [-0.39, 0.29) is 24.0 Å². The third-order valence-corrected chi connectivity index (χ3v) is 4.53. The van der Waals surface area contributed by atoms with Crippen LogP contribution in [0, 0.1) is 11.6 Å². The lowest BCUT2D eigenvalue weighted by molar-refractivity contribution is 0.203. The minimum atomic E-state index is -0.904. The van der Waals surface area contributed by atoms with Gasteiger partial charge in [-0.2, -0.15) is 0 Å². The Morgan fingerprint density at radius 1 is 1.26 bits per heavy atom. The molecule has 8 heteroatoms. The number of nitrogens with one attached hydrogen (secondary N) is 2. The number of rotatable bonds is 8. The summed E-state index contributed by atoms with van der Waals surface area (Å²) in [5.74, 6) is -0.724. The zero-order valence-electron chi connectivity index (χ0n) is 16.1. The zero-order chi connectivity index (χ0) is 18.8. The van der Waals surface area contributed by atoms with E-state index in [0.29, 0.717) is 24.9 Å². The van der Waals surface area contributed by atoms with Crippen LogP contribution in [0.15, 0.2) is 23.2 Å². The number of hydrogen-bond donors (Lipinski definition) is 2. The Morgan fingerprint density at radius 2 is 2.00 bits per heavy atom. The van der Waals surface area contributed by atoms with Gasteiger partial charge in [0.05, 0.1) is 6.54 Å². The maximum Gasteiger partial charge on any atom is 0.191 e. The molecule has 0 radical (unpaired) electrons. The maximum atomic E-state index is 13.1. The van der Waals surface area contributed by atoms with E-state index in [1.807, 2.05) is 0 Å². The lowest BCUT2D eigenvalue weighted by atomic mass is 10.0. The van der Waals surface area contributed by atoms with Crippen molar-refractivity contribution in [2.45, 2.75) is 38.6 Å². The fourth-order valence-corrected chi connectivity index (χ4v) is 2.98. The average Bonchev–Trinajstić information content (AvgIpc) is 2.66. The summed E-state index contributed by atoms with van der Waals surface area (Å²) in [4.78, 5) is 6.76. The van der Waals surface area contributed by atoms with Crippen LogP contribution in [0.4, 0.5) is 8.78 Å². The van der Waals surface area contributed by atoms with E-state index < -0.39 is 11.6 Å². The molecule has 1 fully saturated rings. The van der Waals surface area contributed by atoms with Crippen LogP contribution in [0.1, 0.15) is 32.6 Å². The summed E-state index contributed by atoms with van der Waals surface area (Å²) in [5.41, 5.74) is 0. The zero-order valence-corrected chi connectivity index (χ0v) is 18.5. The number of guanidine groups is 1. The molecule has 1 aliphatic rings. The molecular formula is C19H31F2IN4O. The van der Waals surface area contributed by atoms with Gasteiger partial charge in [-0.25, -0.2) is 8.78 Å². The molecule has 1 aliphatic heterocycles. The van der Waals surface area contributed by atoms with Crippen molar-refractivity contribution in [1.82, 2.24) is 15.5 Å². The Kier molecular flexibility index (Phi) is 11.6. The Balaban J connectivity index is 0.00000364. The Morgan fingerprint density at radius 3 is 2.63 bits per heavy atom. The van der Waals surface area contributed by atoms with Gasteiger partial charge < -0.3 is 20.3 Å². The van der Waals surface area contributed by atoms with E-state index in [9.17, 15) is 8.78 Å². The highest BCUT2D eigenvalue weighted by molar-refractivity contribution is 14.0. The normalized spacial score (nSPS) is 15.9. The van der Waals surface area contributed by atoms with Gasteiger partial charge in [0.15, 0.2) is 17.6 Å². The fraction of sp³-hybridized carbons (Fsp3) is 0.632. The first-order valence-corrected chi connectivity index (χ1v) is 9.39. The van der Waals surface area contributed by atoms with E-state index in [4.69, 9.17) is 4.74 Å². The van der Waals surface area contributed by atoms with Crippen molar-refractivity contribution < 1.29 is 13.5 Å². The lowest BCUT2D eigenvalue weighted by Gasteiger charge is -2.33. The van der Waals surface area contributed by atoms with Crippen LogP contribution < -0.4 is 15.4 Å². The van der Waals surface area contributed by atoms with Crippen molar-refractivity contribution in [3.63, 3.8) is 0 Å². The Bertz CT molecular complexity index is 581. The maximum absolute atomic E-state index is 13.1. The van der Waals surface area contributed by atoms with Crippen LogP contribution in [0.3, 0.4) is 0 Å². The molecule has 1 aromatic carbocycles. The summed E-state index contributed by atoms with van der Waals surface area (Å²) in [6.45, 7) is 6.51. The molecule has 0 amide bonds. The van der Waals surface area contributed by atoms with Crippen LogP contribution in [-0.4, -0.2) is 56.7 Å². The summed E-state index contributed by atoms with van der Waals surface area (Å²) >= 11 is 0. The van der Waals surface area contributed by atoms with E-state index >= 15 is 0 Å². The summed E-state index contributed by atoms with van der Waals surface area (Å²) < 4.78 is 31.4. The Hall–Kier alpha value is -1.16. The van der Waals surface area contributed by atoms with Gasteiger partial charge in [-0.3, -0.25) is 4.99 Å². The largest absolute Gasteiger partial charge is 0.492 e. The van der Waals surface area contributed by atoms with Gasteiger partial charge in [-0.05, 0) is 37.9 Å². The standard InChI is InChI=1S/C19H30F2N4O.HI/c1-3-4-10-25-11-7-15(8-12-25)24-19(22-2)23-9-13-26-16-5-6-17(20)18(21)14-16;/h5-6,14-15H,3-4,7-13H2,1-2H3,(H2,22,23,24);1H. The smallest absolute Gasteiger partial charge is 0.191 e. The number of hydrogen-bond acceptors (Lipinski definition) is 3. The predicted molar refractivity (Wildman–Crippen MR) is 116 cm³/mol. The molecule has 0 aliphatic carbocycles. The molecule has 1 aromatic rings. The SMILES string of the molecule is CCCCN1CCC(NC(=NC)NCCOc2ccc(F)c(F)c2)CC1.I. The number of likely N-dealkylation sites (tertiary alicyclic amines) is 1. The van der Waals surface area contributed by atoms with E-state index in [1.165, 1.54) is 25.5 Å². The first-order valence-electron chi connectivity index (χ1n) is 9.39. The van der Waals surface area contributed by atoms with Gasteiger partial charge in [-0.15, -0.1) is 24.0 Å². The summed E-state index contributed by atoms with van der Waals surface area (Å²) in [6.07, 6.45) is 4.71. The summed E-state index contributed by atoms with van der Waals surface area (Å²) in [5, 5.41) is 6.64. The van der Waals surface area contributed by atoms with Crippen molar-refractivity contribution in [2.24, 2.45) is 4.99 Å². The molecule has 1 saturated heterocycles. The molecule has 2 N–H and O–H groups in total. The minimum absolute atomic E-state index is 0. The monoisotopic (exact) mass is 496 g/mol. The highest BCUT2D eigenvalue weighted by Gasteiger charge is 2.19. The van der Waals surface area contributed by atoms with E-state index in [1.54, 1.807) is 7.05 Å². The van der Waals surface area contributed by atoms with Gasteiger partial charge in [0.1, 0.15) is 12.4 Å². The van der Waals surface area contributed by atoms with Gasteiger partial charge in [-0.1, -0.05) is 13.3 Å². The highest BCUT2D eigenvalue weighted by atomic mass is 127. The van der Waals surface area contributed by atoms with Crippen LogP contribution in [0.5, 0.6) is 5.75 Å². The number of halogens is 3. The molecule has 0 atom stereocenters. The molecule has 154 valence electrons. The second-order valence-electron chi connectivity index (χ2n) is 6.54. The molecule has 27 heavy (non-hydrogen) atoms. The quantitative estimate of drug-likeness (QED) is 0.251. The van der Waals surface area contributed by atoms with Crippen molar-refractivity contribution >= 4 is 29.9 Å². The van der Waals surface area contributed by atoms with Gasteiger partial charge in [0, 0.05) is 32.2 Å². The van der Waals surface area contributed by atoms with Crippen molar-refractivity contribution in [2.75, 3.05) is 39.8 Å². The van der Waals surface area contributed by atoms with Gasteiger partial charge in [0.2, 0.25) is 0 Å². The number of unbranched alkanes of at least 4 members (excludes halogenated alkanes) is 1. The molecule has 0 bridgehead atoms. The number of nitrogens with zero attached hydrogens (tertiary/aromatic N) is 2. The van der Waals surface area contributed by atoms with E-state index in [0.717, 1.165) is 44.0 Å². The van der Waals surface area contributed by atoms with Crippen LogP contribution in [0.2, 0.25) is 0 Å². The molecule has 0 saturated carbocycles. The Labute approximate surface area is 178 Å². The van der Waals surface area contributed by atoms with Crippen LogP contribution in [0.25, 0.3) is 0 Å². The van der Waals surface area contributed by atoms with Crippen molar-refractivity contribution in [3.8, 4) is 5.75 Å². The second-order valence-corrected chi connectivity index (χ2v) is 6.54. The highest BCUT2D eigenvalue weighted by Crippen LogP contribution is 2.15. The number of benzene rings is 1. The van der Waals surface area contributed by atoms with E-state index in [2.05, 4.69) is 27.4 Å². The van der Waals surface area contributed by atoms with Crippen LogP contribution >= 0.6 is 24.0 Å². The first kappa shape index (κ1) is 23.9. The molecule has 0 unspecified atom stereocenters. The third-order valence-electron chi connectivity index (χ3n) is 4.53. The first-order chi connectivity index (χ1) is 12.6. The van der Waals surface area contributed by atoms with Gasteiger partial charge >= 0.3 is 0 Å². The van der Waals surface area contributed by atoms with Crippen molar-refractivity contribution in [3.05, 3.63) is 29.8 Å². The summed E-state index contributed by atoms with van der Waals surface area (Å²) in [6, 6.07) is 3.95. The molecular weight excluding hydrogens is 465 g/mol. The topological polar surface area (TPSA) is 48.9 Å².